The van der Waals surface area contributed by atoms with Crippen LogP contribution in [0.2, 0.25) is 0 Å². The minimum Gasteiger partial charge on any atom is -0.481 e. The van der Waals surface area contributed by atoms with E-state index in [1.807, 2.05) is 0 Å². The van der Waals surface area contributed by atoms with Gasteiger partial charge in [0.2, 0.25) is 10.9 Å². The fraction of sp³-hybridized carbons (Fsp3) is 0.559. The highest BCUT2D eigenvalue weighted by Crippen LogP contribution is 2.72. The first-order valence-electron chi connectivity index (χ1n) is 15.3. The zero-order valence-electron chi connectivity index (χ0n) is 26.1. The Morgan fingerprint density at radius 2 is 1.89 bits per heavy atom. The first-order chi connectivity index (χ1) is 22.1. The van der Waals surface area contributed by atoms with Gasteiger partial charge in [0, 0.05) is 22.7 Å². The number of furan rings is 1. The lowest BCUT2D eigenvalue weighted by Crippen LogP contribution is -2.70. The fourth-order valence-electron chi connectivity index (χ4n) is 8.52. The molecule has 0 spiro atoms. The first kappa shape index (κ1) is 34.6. The summed E-state index contributed by atoms with van der Waals surface area (Å²) in [7, 11) is 0. The number of carbonyl (C=O) groups is 5. The first-order valence-corrected chi connectivity index (χ1v) is 16.3. The lowest BCUT2D eigenvalue weighted by atomic mass is 9.44. The summed E-state index contributed by atoms with van der Waals surface area (Å²) < 4.78 is 49.8. The minimum absolute atomic E-state index is 0.0225. The van der Waals surface area contributed by atoms with Crippen molar-refractivity contribution in [1.82, 2.24) is 0 Å². The second-order valence-corrected chi connectivity index (χ2v) is 14.0. The van der Waals surface area contributed by atoms with Crippen molar-refractivity contribution in [2.24, 2.45) is 28.6 Å². The fourth-order valence-corrected chi connectivity index (χ4v) is 9.51. The molecule has 252 valence electrons. The van der Waals surface area contributed by atoms with Gasteiger partial charge in [0.25, 0.3) is 0 Å². The van der Waals surface area contributed by atoms with Crippen LogP contribution in [0.3, 0.4) is 0 Å². The third-order valence-electron chi connectivity index (χ3n) is 10.7. The monoisotopic (exact) mass is 674 g/mol. The van der Waals surface area contributed by atoms with Crippen molar-refractivity contribution >= 4 is 40.6 Å². The average Bonchev–Trinajstić information content (AvgIpc) is 3.63. The summed E-state index contributed by atoms with van der Waals surface area (Å²) in [5, 5.41) is 19.8. The molecule has 1 heterocycles. The number of carbonyl (C=O) groups excluding carboxylic acids is 4. The summed E-state index contributed by atoms with van der Waals surface area (Å²) in [4.78, 5) is 62.1. The molecule has 0 aromatic carbocycles. The van der Waals surface area contributed by atoms with E-state index in [0.717, 1.165) is 17.8 Å². The molecule has 3 saturated carbocycles. The van der Waals surface area contributed by atoms with Crippen molar-refractivity contribution in [3.05, 3.63) is 48.0 Å². The molecule has 0 unspecified atom stereocenters. The molecule has 0 saturated heterocycles. The molecule has 4 aliphatic carbocycles. The van der Waals surface area contributed by atoms with Crippen LogP contribution in [0.15, 0.2) is 46.6 Å². The number of aliphatic hydroxyl groups is 1. The number of fused-ring (bicyclic) bond motifs is 5. The van der Waals surface area contributed by atoms with Crippen molar-refractivity contribution in [2.45, 2.75) is 76.4 Å². The molecule has 4 aliphatic rings. The highest BCUT2D eigenvalue weighted by atomic mass is 32.2. The summed E-state index contributed by atoms with van der Waals surface area (Å²) >= 11 is 0.745. The van der Waals surface area contributed by atoms with Gasteiger partial charge >= 0.3 is 17.9 Å². The van der Waals surface area contributed by atoms with Gasteiger partial charge in [0.05, 0.1) is 31.0 Å². The molecule has 1 aromatic rings. The lowest BCUT2D eigenvalue weighted by molar-refractivity contribution is -0.221. The summed E-state index contributed by atoms with van der Waals surface area (Å²) in [5.74, 6) is -0.742. The minimum atomic E-state index is -2.38. The number of hydrogen-bond donors (Lipinski definition) is 2. The maximum Gasteiger partial charge on any atom is 0.375 e. The molecule has 5 rings (SSSR count). The van der Waals surface area contributed by atoms with Crippen LogP contribution in [0.5, 0.6) is 0 Å². The molecular weight excluding hydrogens is 638 g/mol. The van der Waals surface area contributed by atoms with Crippen molar-refractivity contribution in [3.63, 3.8) is 0 Å². The van der Waals surface area contributed by atoms with E-state index in [0.29, 0.717) is 0 Å². The number of esters is 2. The molecule has 3 fully saturated rings. The number of rotatable bonds is 8. The third kappa shape index (κ3) is 5.53. The third-order valence-corrected chi connectivity index (χ3v) is 11.6. The summed E-state index contributed by atoms with van der Waals surface area (Å²) in [6.45, 7) is 4.53. The molecule has 1 aromatic heterocycles. The quantitative estimate of drug-likeness (QED) is 0.297. The number of alkyl halides is 2. The highest BCUT2D eigenvalue weighted by molar-refractivity contribution is 8.14. The van der Waals surface area contributed by atoms with E-state index in [9.17, 15) is 29.1 Å². The Hall–Kier alpha value is -3.76. The standard InChI is InChI=1S/C34H36F2O10S/c1-19-15-21-22-17-24(35)23-16-20(37)10-11-31(23,2)33(22,36)26(38)18-32(21,3)34(19,46-29(42)25-7-6-13-44-25)30(43)47-14-5-4-12-45-28(41)9-8-27(39)40/h6-7,10-11,13,16,19,21-22,24,26,38H,8-9,12,14-15,17-18H2,1-3H3,(H,39,40)/t19-,21+,22+,24+,26+,31+,32+,33+,34+/m1/s1. The Morgan fingerprint density at radius 1 is 1.15 bits per heavy atom. The van der Waals surface area contributed by atoms with E-state index in [2.05, 4.69) is 11.8 Å². The van der Waals surface area contributed by atoms with Gasteiger partial charge in [-0.15, -0.1) is 0 Å². The topological polar surface area (TPSA) is 157 Å². The number of halogens is 2. The van der Waals surface area contributed by atoms with Gasteiger partial charge < -0.3 is 24.1 Å². The van der Waals surface area contributed by atoms with Crippen LogP contribution in [-0.2, 0) is 28.7 Å². The Balaban J connectivity index is 1.45. The smallest absolute Gasteiger partial charge is 0.375 e. The van der Waals surface area contributed by atoms with Crippen molar-refractivity contribution in [3.8, 4) is 11.8 Å². The Kier molecular flexibility index (Phi) is 9.33. The molecule has 0 bridgehead atoms. The summed E-state index contributed by atoms with van der Waals surface area (Å²) in [6, 6.07) is 2.85. The van der Waals surface area contributed by atoms with E-state index in [4.69, 9.17) is 19.0 Å². The van der Waals surface area contributed by atoms with Gasteiger partial charge in [-0.05, 0) is 62.0 Å². The van der Waals surface area contributed by atoms with E-state index in [1.165, 1.54) is 37.5 Å². The maximum absolute atomic E-state index is 17.7. The van der Waals surface area contributed by atoms with Crippen LogP contribution in [-0.4, -0.2) is 74.9 Å². The Morgan fingerprint density at radius 3 is 2.57 bits per heavy atom. The number of ether oxygens (including phenoxy) is 2. The largest absolute Gasteiger partial charge is 0.481 e. The Bertz CT molecular complexity index is 1590. The van der Waals surface area contributed by atoms with Crippen LogP contribution < -0.4 is 0 Å². The predicted octanol–water partition coefficient (Wildman–Crippen LogP) is 4.41. The van der Waals surface area contributed by atoms with Gasteiger partial charge in [0.15, 0.2) is 23.7 Å². The lowest BCUT2D eigenvalue weighted by Gasteiger charge is -2.63. The molecule has 13 heteroatoms. The molecule has 2 N–H and O–H groups in total. The molecule has 0 aliphatic heterocycles. The van der Waals surface area contributed by atoms with Gasteiger partial charge in [-0.2, -0.15) is 0 Å². The number of carboxylic acid groups (broad SMARTS) is 1. The van der Waals surface area contributed by atoms with Crippen molar-refractivity contribution in [2.75, 3.05) is 12.4 Å². The van der Waals surface area contributed by atoms with Crippen LogP contribution in [0.1, 0.15) is 63.4 Å². The number of aliphatic carboxylic acids is 1. The van der Waals surface area contributed by atoms with Crippen LogP contribution in [0.25, 0.3) is 0 Å². The van der Waals surface area contributed by atoms with Gasteiger partial charge in [-0.3, -0.25) is 19.2 Å². The summed E-state index contributed by atoms with van der Waals surface area (Å²) in [6.07, 6.45) is 0.361. The number of carboxylic acids is 1. The molecule has 0 amide bonds. The van der Waals surface area contributed by atoms with E-state index in [1.54, 1.807) is 13.8 Å². The molecular formula is C34H36F2O10S. The predicted molar refractivity (Wildman–Crippen MR) is 163 cm³/mol. The summed E-state index contributed by atoms with van der Waals surface area (Å²) in [5.41, 5.74) is -7.27. The average molecular weight is 675 g/mol. The number of thioether (sulfide) groups is 1. The zero-order valence-corrected chi connectivity index (χ0v) is 26.9. The number of aliphatic hydroxyl groups excluding tert-OH is 1. The van der Waals surface area contributed by atoms with Gasteiger partial charge in [0.1, 0.15) is 6.17 Å². The maximum atomic E-state index is 17.7. The number of ketones is 1. The number of allylic oxidation sites excluding steroid dienone is 4. The van der Waals surface area contributed by atoms with Crippen LogP contribution >= 0.6 is 11.8 Å². The molecule has 47 heavy (non-hydrogen) atoms. The molecule has 9 atom stereocenters. The SMILES string of the molecule is C[C@@H]1C[C@H]2[C@@H]3C[C@H](F)C4=CC(=O)C=C[C@]4(C)[C@@]3(F)[C@@H](O)C[C@]2(C)[C@@]1(OC(=O)c1ccco1)C(=O)SCC#CCOC(=O)CCC(=O)O. The molecule has 0 radical (unpaired) electrons. The zero-order chi connectivity index (χ0) is 34.4. The van der Waals surface area contributed by atoms with Crippen LogP contribution in [0, 0.1) is 40.4 Å². The molecule has 10 nitrogen and oxygen atoms in total. The highest BCUT2D eigenvalue weighted by Gasteiger charge is 2.78. The van der Waals surface area contributed by atoms with Crippen LogP contribution in [0.4, 0.5) is 8.78 Å². The normalized spacial score (nSPS) is 36.9. The van der Waals surface area contributed by atoms with E-state index in [-0.39, 0.29) is 55.8 Å². The number of hydrogen-bond acceptors (Lipinski definition) is 10. The Labute approximate surface area is 274 Å². The van der Waals surface area contributed by atoms with Gasteiger partial charge in [-0.1, -0.05) is 43.5 Å². The second-order valence-electron chi connectivity index (χ2n) is 13.1. The van der Waals surface area contributed by atoms with E-state index >= 15 is 8.78 Å². The van der Waals surface area contributed by atoms with Crippen molar-refractivity contribution in [1.29, 1.82) is 0 Å². The second kappa shape index (κ2) is 12.7. The van der Waals surface area contributed by atoms with E-state index < -0.39 is 80.9 Å². The van der Waals surface area contributed by atoms with Gasteiger partial charge in [-0.25, -0.2) is 13.6 Å². The van der Waals surface area contributed by atoms with Crippen molar-refractivity contribution < 1.29 is 56.9 Å².